The molecular formula is C26H18O. The van der Waals surface area contributed by atoms with Crippen LogP contribution < -0.4 is 0 Å². The van der Waals surface area contributed by atoms with Gasteiger partial charge in [-0.2, -0.15) is 0 Å². The van der Waals surface area contributed by atoms with E-state index in [0.717, 1.165) is 22.1 Å². The minimum atomic E-state index is 0.910. The Morgan fingerprint density at radius 2 is 1.41 bits per heavy atom. The normalized spacial score (nSPS) is 11.9. The number of hydrogen-bond donors (Lipinski definition) is 0. The van der Waals surface area contributed by atoms with Gasteiger partial charge in [-0.15, -0.1) is 0 Å². The van der Waals surface area contributed by atoms with Gasteiger partial charge in [0.1, 0.15) is 5.58 Å². The maximum Gasteiger partial charge on any atom is 0.134 e. The molecule has 0 radical (unpaired) electrons. The number of para-hydroxylation sites is 1. The molecule has 0 aliphatic rings. The van der Waals surface area contributed by atoms with Gasteiger partial charge in [-0.25, -0.2) is 0 Å². The molecular weight excluding hydrogens is 328 g/mol. The third kappa shape index (κ3) is 2.94. The number of fused-ring (bicyclic) bond motifs is 2. The van der Waals surface area contributed by atoms with E-state index in [1.165, 1.54) is 21.9 Å². The highest BCUT2D eigenvalue weighted by atomic mass is 16.3. The van der Waals surface area contributed by atoms with E-state index in [4.69, 9.17) is 4.42 Å². The van der Waals surface area contributed by atoms with Crippen molar-refractivity contribution in [2.24, 2.45) is 0 Å². The van der Waals surface area contributed by atoms with Crippen molar-refractivity contribution in [3.63, 3.8) is 0 Å². The van der Waals surface area contributed by atoms with Gasteiger partial charge in [-0.3, -0.25) is 0 Å². The molecule has 1 nitrogen and oxygen atoms in total. The fourth-order valence-corrected chi connectivity index (χ4v) is 3.58. The predicted octanol–water partition coefficient (Wildman–Crippen LogP) is 7.17. The van der Waals surface area contributed by atoms with Crippen molar-refractivity contribution in [3.05, 3.63) is 120 Å². The van der Waals surface area contributed by atoms with E-state index in [0.29, 0.717) is 0 Å². The lowest BCUT2D eigenvalue weighted by atomic mass is 9.94. The van der Waals surface area contributed by atoms with Gasteiger partial charge >= 0.3 is 0 Å². The molecule has 0 bridgehead atoms. The summed E-state index contributed by atoms with van der Waals surface area (Å²) < 4.78 is 5.82. The SMILES string of the molecule is C(=C(/c1ccccc1)c1coc2ccccc12)/c1ccc2ccccc2c1. The van der Waals surface area contributed by atoms with Gasteiger partial charge in [0.15, 0.2) is 0 Å². The number of hydrogen-bond acceptors (Lipinski definition) is 1. The molecule has 5 rings (SSSR count). The maximum atomic E-state index is 5.82. The van der Waals surface area contributed by atoms with Gasteiger partial charge in [0.2, 0.25) is 0 Å². The van der Waals surface area contributed by atoms with Crippen LogP contribution in [0.4, 0.5) is 0 Å². The van der Waals surface area contributed by atoms with E-state index >= 15 is 0 Å². The molecule has 27 heavy (non-hydrogen) atoms. The van der Waals surface area contributed by atoms with Crippen LogP contribution in [0.1, 0.15) is 16.7 Å². The number of rotatable bonds is 3. The van der Waals surface area contributed by atoms with E-state index in [9.17, 15) is 0 Å². The van der Waals surface area contributed by atoms with Crippen LogP contribution in [-0.4, -0.2) is 0 Å². The predicted molar refractivity (Wildman–Crippen MR) is 114 cm³/mol. The largest absolute Gasteiger partial charge is 0.464 e. The van der Waals surface area contributed by atoms with E-state index < -0.39 is 0 Å². The first-order chi connectivity index (χ1) is 13.4. The molecule has 0 aliphatic heterocycles. The maximum absolute atomic E-state index is 5.82. The molecule has 1 heterocycles. The molecule has 0 amide bonds. The van der Waals surface area contributed by atoms with Crippen LogP contribution in [0.2, 0.25) is 0 Å². The smallest absolute Gasteiger partial charge is 0.134 e. The van der Waals surface area contributed by atoms with E-state index in [-0.39, 0.29) is 0 Å². The van der Waals surface area contributed by atoms with Crippen LogP contribution in [0.3, 0.4) is 0 Å². The molecule has 0 saturated heterocycles. The Balaban J connectivity index is 1.73. The average molecular weight is 346 g/mol. The third-order valence-electron chi connectivity index (χ3n) is 4.94. The van der Waals surface area contributed by atoms with Gasteiger partial charge in [0, 0.05) is 10.9 Å². The number of furan rings is 1. The first kappa shape index (κ1) is 15.7. The second-order valence-electron chi connectivity index (χ2n) is 6.68. The standard InChI is InChI=1S/C26H18O/c1-2-9-21(10-3-1)24(25-18-27-26-13-7-6-12-23(25)26)17-19-14-15-20-8-4-5-11-22(20)16-19/h1-18H/b24-17+. The van der Waals surface area contributed by atoms with Crippen molar-refractivity contribution >= 4 is 33.4 Å². The highest BCUT2D eigenvalue weighted by Crippen LogP contribution is 2.33. The van der Waals surface area contributed by atoms with Gasteiger partial charge in [0.05, 0.1) is 6.26 Å². The highest BCUT2D eigenvalue weighted by molar-refractivity contribution is 6.01. The van der Waals surface area contributed by atoms with Crippen molar-refractivity contribution in [2.75, 3.05) is 0 Å². The summed E-state index contributed by atoms with van der Waals surface area (Å²) in [7, 11) is 0. The molecule has 5 aromatic rings. The van der Waals surface area contributed by atoms with Gasteiger partial charge in [-0.1, -0.05) is 84.9 Å². The molecule has 0 fully saturated rings. The second-order valence-corrected chi connectivity index (χ2v) is 6.68. The summed E-state index contributed by atoms with van der Waals surface area (Å²) in [6.07, 6.45) is 4.11. The van der Waals surface area contributed by atoms with Crippen LogP contribution in [0.5, 0.6) is 0 Å². The van der Waals surface area contributed by atoms with Crippen molar-refractivity contribution in [3.8, 4) is 0 Å². The summed E-state index contributed by atoms with van der Waals surface area (Å²) in [6.45, 7) is 0. The second kappa shape index (κ2) is 6.62. The van der Waals surface area contributed by atoms with Gasteiger partial charge < -0.3 is 4.42 Å². The summed E-state index contributed by atoms with van der Waals surface area (Å²) in [5.41, 5.74) is 5.55. The van der Waals surface area contributed by atoms with Crippen LogP contribution in [0.25, 0.3) is 33.4 Å². The topological polar surface area (TPSA) is 13.1 Å². The Labute approximate surface area is 158 Å². The third-order valence-corrected chi connectivity index (χ3v) is 4.94. The molecule has 0 unspecified atom stereocenters. The molecule has 0 spiro atoms. The van der Waals surface area contributed by atoms with Crippen LogP contribution in [-0.2, 0) is 0 Å². The average Bonchev–Trinajstić information content (AvgIpc) is 3.16. The monoisotopic (exact) mass is 346 g/mol. The van der Waals surface area contributed by atoms with Crippen molar-refractivity contribution in [1.29, 1.82) is 0 Å². The van der Waals surface area contributed by atoms with Crippen molar-refractivity contribution in [2.45, 2.75) is 0 Å². The lowest BCUT2D eigenvalue weighted by molar-refractivity contribution is 0.615. The lowest BCUT2D eigenvalue weighted by Gasteiger charge is -2.08. The summed E-state index contributed by atoms with van der Waals surface area (Å²) in [6, 6.07) is 33.7. The lowest BCUT2D eigenvalue weighted by Crippen LogP contribution is -1.87. The zero-order valence-corrected chi connectivity index (χ0v) is 14.8. The van der Waals surface area contributed by atoms with Crippen molar-refractivity contribution < 1.29 is 4.42 Å². The summed E-state index contributed by atoms with van der Waals surface area (Å²) in [4.78, 5) is 0. The fourth-order valence-electron chi connectivity index (χ4n) is 3.58. The van der Waals surface area contributed by atoms with Crippen LogP contribution in [0, 0.1) is 0 Å². The summed E-state index contributed by atoms with van der Waals surface area (Å²) in [5, 5.41) is 3.63. The Hall–Kier alpha value is -3.58. The minimum Gasteiger partial charge on any atom is -0.464 e. The molecule has 0 saturated carbocycles. The Kier molecular flexibility index (Phi) is 3.84. The summed E-state index contributed by atoms with van der Waals surface area (Å²) >= 11 is 0. The molecule has 1 heteroatoms. The van der Waals surface area contributed by atoms with Crippen LogP contribution in [0.15, 0.2) is 108 Å². The van der Waals surface area contributed by atoms with Gasteiger partial charge in [0.25, 0.3) is 0 Å². The Morgan fingerprint density at radius 1 is 0.667 bits per heavy atom. The summed E-state index contributed by atoms with van der Waals surface area (Å²) in [5.74, 6) is 0. The van der Waals surface area contributed by atoms with Crippen molar-refractivity contribution in [1.82, 2.24) is 0 Å². The first-order valence-electron chi connectivity index (χ1n) is 9.11. The minimum absolute atomic E-state index is 0.910. The van der Waals surface area contributed by atoms with E-state index in [1.54, 1.807) is 0 Å². The molecule has 4 aromatic carbocycles. The van der Waals surface area contributed by atoms with Crippen LogP contribution >= 0.6 is 0 Å². The molecule has 0 N–H and O–H groups in total. The Morgan fingerprint density at radius 3 is 2.30 bits per heavy atom. The first-order valence-corrected chi connectivity index (χ1v) is 9.11. The van der Waals surface area contributed by atoms with Gasteiger partial charge in [-0.05, 0) is 45.7 Å². The molecule has 1 aromatic heterocycles. The van der Waals surface area contributed by atoms with E-state index in [2.05, 4.69) is 84.9 Å². The number of benzene rings is 4. The molecule has 0 aliphatic carbocycles. The van der Waals surface area contributed by atoms with E-state index in [1.807, 2.05) is 24.5 Å². The molecule has 128 valence electrons. The Bertz CT molecular complexity index is 1260. The fraction of sp³-hybridized carbons (Fsp3) is 0. The zero-order chi connectivity index (χ0) is 18.1. The zero-order valence-electron chi connectivity index (χ0n) is 14.8. The quantitative estimate of drug-likeness (QED) is 0.315. The molecule has 0 atom stereocenters. The highest BCUT2D eigenvalue weighted by Gasteiger charge is 2.12.